The molecule has 1 aromatic carbocycles. The number of sulfonamides is 1. The monoisotopic (exact) mass is 384 g/mol. The molecule has 1 rings (SSSR count). The molecule has 0 aliphatic heterocycles. The Kier molecular flexibility index (Phi) is 5.07. The third kappa shape index (κ3) is 4.93. The van der Waals surface area contributed by atoms with Crippen LogP contribution in [-0.2, 0) is 14.8 Å². The van der Waals surface area contributed by atoms with E-state index in [1.165, 1.54) is 12.1 Å². The van der Waals surface area contributed by atoms with Crippen molar-refractivity contribution in [2.75, 3.05) is 5.32 Å². The van der Waals surface area contributed by atoms with E-state index < -0.39 is 21.7 Å². The summed E-state index contributed by atoms with van der Waals surface area (Å²) < 4.78 is 28.0. The Labute approximate surface area is 130 Å². The van der Waals surface area contributed by atoms with Crippen molar-refractivity contribution in [2.24, 2.45) is 5.14 Å². The van der Waals surface area contributed by atoms with Gasteiger partial charge in [0.25, 0.3) is 0 Å². The molecule has 1 aromatic rings. The van der Waals surface area contributed by atoms with Crippen LogP contribution in [0.15, 0.2) is 21.5 Å². The summed E-state index contributed by atoms with van der Waals surface area (Å²) >= 11 is 8.88. The highest BCUT2D eigenvalue weighted by Crippen LogP contribution is 2.33. The van der Waals surface area contributed by atoms with Gasteiger partial charge in [-0.05, 0) is 48.8 Å². The number of ether oxygens (including phenoxy) is 1. The van der Waals surface area contributed by atoms with Gasteiger partial charge in [-0.15, -0.1) is 0 Å². The maximum Gasteiger partial charge on any atom is 0.412 e. The molecule has 9 heteroatoms. The normalized spacial score (nSPS) is 12.1. The second kappa shape index (κ2) is 5.88. The lowest BCUT2D eigenvalue weighted by Crippen LogP contribution is -2.27. The Morgan fingerprint density at radius 2 is 1.95 bits per heavy atom. The topological polar surface area (TPSA) is 98.5 Å². The van der Waals surface area contributed by atoms with Crippen LogP contribution in [0.2, 0.25) is 5.02 Å². The maximum atomic E-state index is 11.7. The number of primary sulfonamides is 1. The largest absolute Gasteiger partial charge is 0.444 e. The van der Waals surface area contributed by atoms with Crippen molar-refractivity contribution in [3.63, 3.8) is 0 Å². The quantitative estimate of drug-likeness (QED) is 0.817. The van der Waals surface area contributed by atoms with Crippen LogP contribution in [0.1, 0.15) is 20.8 Å². The van der Waals surface area contributed by atoms with E-state index in [0.717, 1.165) is 0 Å². The third-order valence-corrected chi connectivity index (χ3v) is 4.22. The van der Waals surface area contributed by atoms with Crippen molar-refractivity contribution >= 4 is 49.3 Å². The SMILES string of the molecule is CC(C)(C)OC(=O)Nc1cc(Cl)cc(S(N)(=O)=O)c1Br. The predicted octanol–water partition coefficient (Wildman–Crippen LogP) is 3.10. The van der Waals surface area contributed by atoms with Crippen molar-refractivity contribution < 1.29 is 17.9 Å². The van der Waals surface area contributed by atoms with Gasteiger partial charge in [0.15, 0.2) is 0 Å². The third-order valence-electron chi connectivity index (χ3n) is 1.95. The molecule has 0 radical (unpaired) electrons. The number of nitrogens with two attached hydrogens (primary N) is 1. The summed E-state index contributed by atoms with van der Waals surface area (Å²) in [5.74, 6) is 0. The molecular weight excluding hydrogens is 372 g/mol. The molecule has 0 saturated carbocycles. The van der Waals surface area contributed by atoms with Crippen LogP contribution in [0.25, 0.3) is 0 Å². The predicted molar refractivity (Wildman–Crippen MR) is 80.4 cm³/mol. The molecule has 20 heavy (non-hydrogen) atoms. The summed E-state index contributed by atoms with van der Waals surface area (Å²) in [6.45, 7) is 5.11. The standard InChI is InChI=1S/C11H14BrClN2O4S/c1-11(2,3)19-10(16)15-7-4-6(13)5-8(9(7)12)20(14,17)18/h4-5H,1-3H3,(H,15,16)(H2,14,17,18). The zero-order valence-electron chi connectivity index (χ0n) is 11.0. The van der Waals surface area contributed by atoms with Gasteiger partial charge in [0, 0.05) is 5.02 Å². The zero-order valence-corrected chi connectivity index (χ0v) is 14.2. The number of rotatable bonds is 2. The lowest BCUT2D eigenvalue weighted by Gasteiger charge is -2.20. The highest BCUT2D eigenvalue weighted by molar-refractivity contribution is 9.10. The Bertz CT molecular complexity index is 641. The molecule has 0 aromatic heterocycles. The van der Waals surface area contributed by atoms with Gasteiger partial charge in [0.05, 0.1) is 15.1 Å². The van der Waals surface area contributed by atoms with Crippen molar-refractivity contribution in [3.8, 4) is 0 Å². The molecule has 3 N–H and O–H groups in total. The van der Waals surface area contributed by atoms with Crippen LogP contribution in [0.4, 0.5) is 10.5 Å². The number of hydrogen-bond acceptors (Lipinski definition) is 4. The van der Waals surface area contributed by atoms with E-state index in [9.17, 15) is 13.2 Å². The van der Waals surface area contributed by atoms with E-state index >= 15 is 0 Å². The van der Waals surface area contributed by atoms with Crippen molar-refractivity contribution in [3.05, 3.63) is 21.6 Å². The van der Waals surface area contributed by atoms with Crippen LogP contribution in [0, 0.1) is 0 Å². The number of benzene rings is 1. The number of anilines is 1. The van der Waals surface area contributed by atoms with Gasteiger partial charge in [-0.25, -0.2) is 18.4 Å². The number of nitrogens with one attached hydrogen (secondary N) is 1. The molecule has 1 amide bonds. The average Bonchev–Trinajstić information content (AvgIpc) is 2.18. The van der Waals surface area contributed by atoms with E-state index in [-0.39, 0.29) is 20.1 Å². The minimum Gasteiger partial charge on any atom is -0.444 e. The summed E-state index contributed by atoms with van der Waals surface area (Å²) in [7, 11) is -3.97. The fraction of sp³-hybridized carbons (Fsp3) is 0.364. The van der Waals surface area contributed by atoms with Crippen LogP contribution in [-0.4, -0.2) is 20.1 Å². The van der Waals surface area contributed by atoms with E-state index in [4.69, 9.17) is 21.5 Å². The van der Waals surface area contributed by atoms with E-state index in [1.807, 2.05) is 0 Å². The summed E-state index contributed by atoms with van der Waals surface area (Å²) in [4.78, 5) is 11.4. The number of amides is 1. The van der Waals surface area contributed by atoms with Gasteiger partial charge in [0.2, 0.25) is 10.0 Å². The summed E-state index contributed by atoms with van der Waals surface area (Å²) in [5.41, 5.74) is -0.534. The molecule has 0 fully saturated rings. The van der Waals surface area contributed by atoms with Gasteiger partial charge >= 0.3 is 6.09 Å². The van der Waals surface area contributed by atoms with Crippen molar-refractivity contribution in [1.82, 2.24) is 0 Å². The lowest BCUT2D eigenvalue weighted by atomic mass is 10.2. The van der Waals surface area contributed by atoms with Crippen molar-refractivity contribution in [1.29, 1.82) is 0 Å². The van der Waals surface area contributed by atoms with E-state index in [0.29, 0.717) is 0 Å². The van der Waals surface area contributed by atoms with E-state index in [2.05, 4.69) is 21.2 Å². The Morgan fingerprint density at radius 1 is 1.40 bits per heavy atom. The first-order valence-corrected chi connectivity index (χ1v) is 8.14. The molecule has 0 bridgehead atoms. The highest BCUT2D eigenvalue weighted by atomic mass is 79.9. The first kappa shape index (κ1) is 17.2. The molecule has 0 heterocycles. The fourth-order valence-electron chi connectivity index (χ4n) is 1.28. The number of carbonyl (C=O) groups is 1. The Hall–Kier alpha value is -0.830. The molecule has 0 saturated heterocycles. The second-order valence-corrected chi connectivity index (χ2v) is 7.70. The molecular formula is C11H14BrClN2O4S. The Morgan fingerprint density at radius 3 is 2.40 bits per heavy atom. The molecule has 6 nitrogen and oxygen atoms in total. The Balaban J connectivity index is 3.15. The van der Waals surface area contributed by atoms with Crippen LogP contribution < -0.4 is 10.5 Å². The van der Waals surface area contributed by atoms with Crippen LogP contribution in [0.5, 0.6) is 0 Å². The molecule has 0 aliphatic rings. The summed E-state index contributed by atoms with van der Waals surface area (Å²) in [6.07, 6.45) is -0.735. The molecule has 0 aliphatic carbocycles. The van der Waals surface area contributed by atoms with Gasteiger partial charge in [-0.1, -0.05) is 11.6 Å². The van der Waals surface area contributed by atoms with Gasteiger partial charge in [-0.2, -0.15) is 0 Å². The minimum absolute atomic E-state index is 0.107. The fourth-order valence-corrected chi connectivity index (χ4v) is 3.21. The van der Waals surface area contributed by atoms with Crippen LogP contribution in [0.3, 0.4) is 0 Å². The summed E-state index contributed by atoms with van der Waals surface area (Å²) in [5, 5.41) is 7.59. The molecule has 112 valence electrons. The molecule has 0 unspecified atom stereocenters. The van der Waals surface area contributed by atoms with Gasteiger partial charge in [0.1, 0.15) is 5.60 Å². The first-order chi connectivity index (χ1) is 8.90. The molecule has 0 spiro atoms. The first-order valence-electron chi connectivity index (χ1n) is 5.42. The lowest BCUT2D eigenvalue weighted by molar-refractivity contribution is 0.0636. The average molecular weight is 386 g/mol. The van der Waals surface area contributed by atoms with Crippen molar-refractivity contribution in [2.45, 2.75) is 31.3 Å². The second-order valence-electron chi connectivity index (χ2n) is 4.94. The summed E-state index contributed by atoms with van der Waals surface area (Å²) in [6, 6.07) is 2.56. The maximum absolute atomic E-state index is 11.7. The number of halogens is 2. The minimum atomic E-state index is -3.97. The molecule has 0 atom stereocenters. The van der Waals surface area contributed by atoms with Crippen LogP contribution >= 0.6 is 27.5 Å². The highest BCUT2D eigenvalue weighted by Gasteiger charge is 2.21. The zero-order chi connectivity index (χ0) is 15.7. The smallest absolute Gasteiger partial charge is 0.412 e. The number of carbonyl (C=O) groups excluding carboxylic acids is 1. The van der Waals surface area contributed by atoms with Gasteiger partial charge < -0.3 is 4.74 Å². The van der Waals surface area contributed by atoms with E-state index in [1.54, 1.807) is 20.8 Å². The van der Waals surface area contributed by atoms with Gasteiger partial charge in [-0.3, -0.25) is 5.32 Å². The number of hydrogen-bond donors (Lipinski definition) is 2.